The van der Waals surface area contributed by atoms with Crippen LogP contribution in [-0.2, 0) is 11.2 Å². The molecule has 0 saturated heterocycles. The van der Waals surface area contributed by atoms with Crippen molar-refractivity contribution in [3.05, 3.63) is 82.8 Å². The summed E-state index contributed by atoms with van der Waals surface area (Å²) in [7, 11) is 0. The van der Waals surface area contributed by atoms with Crippen molar-refractivity contribution in [1.29, 1.82) is 0 Å². The van der Waals surface area contributed by atoms with E-state index < -0.39 is 5.82 Å². The van der Waals surface area contributed by atoms with Crippen molar-refractivity contribution in [3.8, 4) is 0 Å². The van der Waals surface area contributed by atoms with E-state index in [1.54, 1.807) is 24.4 Å². The number of amides is 1. The number of nitrogens with zero attached hydrogens (tertiary/aromatic N) is 1. The lowest BCUT2D eigenvalue weighted by molar-refractivity contribution is -0.115. The van der Waals surface area contributed by atoms with Crippen LogP contribution in [0, 0.1) is 12.7 Å². The predicted molar refractivity (Wildman–Crippen MR) is 102 cm³/mol. The monoisotopic (exact) mass is 369 g/mol. The Hall–Kier alpha value is -2.92. The van der Waals surface area contributed by atoms with E-state index in [2.05, 4.69) is 15.6 Å². The largest absolute Gasteiger partial charge is 0.354 e. The molecule has 0 saturated carbocycles. The van der Waals surface area contributed by atoms with E-state index >= 15 is 0 Å². The van der Waals surface area contributed by atoms with Crippen LogP contribution >= 0.6 is 11.6 Å². The van der Waals surface area contributed by atoms with Gasteiger partial charge in [0.2, 0.25) is 5.91 Å². The van der Waals surface area contributed by atoms with E-state index in [4.69, 9.17) is 11.6 Å². The molecule has 0 aliphatic carbocycles. The Kier molecular flexibility index (Phi) is 5.49. The van der Waals surface area contributed by atoms with Crippen molar-refractivity contribution < 1.29 is 9.18 Å². The van der Waals surface area contributed by atoms with Gasteiger partial charge in [0.25, 0.3) is 0 Å². The lowest BCUT2D eigenvalue weighted by Gasteiger charge is -2.09. The molecule has 1 aromatic heterocycles. The van der Waals surface area contributed by atoms with Crippen LogP contribution in [0.15, 0.2) is 60.8 Å². The first-order valence-electron chi connectivity index (χ1n) is 8.03. The van der Waals surface area contributed by atoms with E-state index in [1.165, 1.54) is 12.1 Å². The molecule has 2 aromatic carbocycles. The molecular formula is C20H17ClFN3O. The third-order valence-corrected chi connectivity index (χ3v) is 3.98. The molecule has 0 aliphatic heterocycles. The maximum Gasteiger partial charge on any atom is 0.229 e. The van der Waals surface area contributed by atoms with Gasteiger partial charge in [0.1, 0.15) is 11.6 Å². The smallest absolute Gasteiger partial charge is 0.229 e. The van der Waals surface area contributed by atoms with Gasteiger partial charge in [0.15, 0.2) is 0 Å². The Morgan fingerprint density at radius 2 is 1.92 bits per heavy atom. The van der Waals surface area contributed by atoms with Gasteiger partial charge in [-0.05, 0) is 42.8 Å². The van der Waals surface area contributed by atoms with Crippen molar-refractivity contribution >= 4 is 34.7 Å². The van der Waals surface area contributed by atoms with Crippen molar-refractivity contribution in [2.75, 3.05) is 10.6 Å². The minimum absolute atomic E-state index is 0.0444. The van der Waals surface area contributed by atoms with Gasteiger partial charge in [-0.15, -0.1) is 0 Å². The Bertz CT molecular complexity index is 929. The lowest BCUT2D eigenvalue weighted by Crippen LogP contribution is -2.15. The second-order valence-corrected chi connectivity index (χ2v) is 6.31. The highest BCUT2D eigenvalue weighted by Gasteiger charge is 2.06. The van der Waals surface area contributed by atoms with E-state index in [-0.39, 0.29) is 17.4 Å². The highest BCUT2D eigenvalue weighted by atomic mass is 35.5. The van der Waals surface area contributed by atoms with Crippen LogP contribution in [0.3, 0.4) is 0 Å². The highest BCUT2D eigenvalue weighted by molar-refractivity contribution is 6.31. The number of pyridine rings is 1. The van der Waals surface area contributed by atoms with Crippen LogP contribution in [-0.4, -0.2) is 10.9 Å². The van der Waals surface area contributed by atoms with E-state index in [1.807, 2.05) is 31.2 Å². The number of hydrogen-bond donors (Lipinski definition) is 2. The molecule has 0 radical (unpaired) electrons. The summed E-state index contributed by atoms with van der Waals surface area (Å²) < 4.78 is 13.2. The maximum absolute atomic E-state index is 13.2. The molecular weight excluding hydrogens is 353 g/mol. The van der Waals surface area contributed by atoms with E-state index in [0.717, 1.165) is 11.1 Å². The van der Waals surface area contributed by atoms with E-state index in [0.29, 0.717) is 17.2 Å². The number of carbonyl (C=O) groups excluding carboxylic acids is 1. The number of anilines is 3. The molecule has 0 fully saturated rings. The first-order chi connectivity index (χ1) is 12.5. The van der Waals surface area contributed by atoms with Gasteiger partial charge in [0.05, 0.1) is 23.3 Å². The Morgan fingerprint density at radius 1 is 1.12 bits per heavy atom. The lowest BCUT2D eigenvalue weighted by atomic mass is 10.1. The Balaban J connectivity index is 1.60. The molecule has 4 nitrogen and oxygen atoms in total. The normalized spacial score (nSPS) is 10.4. The molecule has 1 heterocycles. The van der Waals surface area contributed by atoms with Crippen molar-refractivity contribution in [1.82, 2.24) is 4.98 Å². The number of carbonyl (C=O) groups is 1. The zero-order valence-corrected chi connectivity index (χ0v) is 14.8. The van der Waals surface area contributed by atoms with Gasteiger partial charge in [-0.3, -0.25) is 4.79 Å². The molecule has 0 atom stereocenters. The fourth-order valence-electron chi connectivity index (χ4n) is 2.48. The van der Waals surface area contributed by atoms with Crippen molar-refractivity contribution in [2.24, 2.45) is 0 Å². The number of benzene rings is 2. The van der Waals surface area contributed by atoms with Crippen LogP contribution in [0.25, 0.3) is 0 Å². The van der Waals surface area contributed by atoms with Gasteiger partial charge in [-0.1, -0.05) is 41.4 Å². The van der Waals surface area contributed by atoms with Gasteiger partial charge in [-0.25, -0.2) is 9.37 Å². The molecule has 132 valence electrons. The molecule has 0 unspecified atom stereocenters. The van der Waals surface area contributed by atoms with Crippen LogP contribution < -0.4 is 10.6 Å². The first-order valence-corrected chi connectivity index (χ1v) is 8.41. The maximum atomic E-state index is 13.2. The molecule has 0 spiro atoms. The number of aryl methyl sites for hydroxylation is 1. The van der Waals surface area contributed by atoms with Crippen molar-refractivity contribution in [2.45, 2.75) is 13.3 Å². The summed E-state index contributed by atoms with van der Waals surface area (Å²) in [5.41, 5.74) is 3.41. The standard InChI is InChI=1S/C20H17ClFN3O/c1-13-3-2-4-14(9-13)10-20(26)25-19-8-6-16(12-23-19)24-15-5-7-18(22)17(21)11-15/h2-9,11-12,24H,10H2,1H3,(H,23,25,26). The molecule has 2 N–H and O–H groups in total. The minimum atomic E-state index is -0.470. The fraction of sp³-hybridized carbons (Fsp3) is 0.100. The first kappa shape index (κ1) is 17.9. The molecule has 3 aromatic rings. The summed E-state index contributed by atoms with van der Waals surface area (Å²) in [6.45, 7) is 1.99. The summed E-state index contributed by atoms with van der Waals surface area (Å²) in [6, 6.07) is 15.6. The molecule has 0 aliphatic rings. The molecule has 3 rings (SSSR count). The number of hydrogen-bond acceptors (Lipinski definition) is 3. The number of nitrogens with one attached hydrogen (secondary N) is 2. The summed E-state index contributed by atoms with van der Waals surface area (Å²) in [5.74, 6) is -0.138. The molecule has 26 heavy (non-hydrogen) atoms. The highest BCUT2D eigenvalue weighted by Crippen LogP contribution is 2.22. The van der Waals surface area contributed by atoms with E-state index in [9.17, 15) is 9.18 Å². The predicted octanol–water partition coefficient (Wildman–Crippen LogP) is 5.11. The summed E-state index contributed by atoms with van der Waals surface area (Å²) in [5, 5.41) is 5.89. The second kappa shape index (κ2) is 7.97. The molecule has 1 amide bonds. The zero-order chi connectivity index (χ0) is 18.5. The van der Waals surface area contributed by atoms with Crippen molar-refractivity contribution in [3.63, 3.8) is 0 Å². The Labute approximate surface area is 156 Å². The number of aromatic nitrogens is 1. The van der Waals surface area contributed by atoms with Gasteiger partial charge < -0.3 is 10.6 Å². The SMILES string of the molecule is Cc1cccc(CC(=O)Nc2ccc(Nc3ccc(F)c(Cl)c3)cn2)c1. The fourth-order valence-corrected chi connectivity index (χ4v) is 2.66. The van der Waals surface area contributed by atoms with Crippen LogP contribution in [0.5, 0.6) is 0 Å². The summed E-state index contributed by atoms with van der Waals surface area (Å²) in [6.07, 6.45) is 1.87. The summed E-state index contributed by atoms with van der Waals surface area (Å²) in [4.78, 5) is 16.3. The van der Waals surface area contributed by atoms with Crippen LogP contribution in [0.2, 0.25) is 5.02 Å². The Morgan fingerprint density at radius 3 is 2.62 bits per heavy atom. The summed E-state index contributed by atoms with van der Waals surface area (Å²) >= 11 is 5.76. The third-order valence-electron chi connectivity index (χ3n) is 3.69. The number of rotatable bonds is 5. The van der Waals surface area contributed by atoms with Gasteiger partial charge >= 0.3 is 0 Å². The third kappa shape index (κ3) is 4.80. The molecule has 6 heteroatoms. The second-order valence-electron chi connectivity index (χ2n) is 5.90. The zero-order valence-electron chi connectivity index (χ0n) is 14.1. The topological polar surface area (TPSA) is 54.0 Å². The molecule has 0 bridgehead atoms. The van der Waals surface area contributed by atoms with Crippen LogP contribution in [0.1, 0.15) is 11.1 Å². The average molecular weight is 370 g/mol. The van der Waals surface area contributed by atoms with Crippen LogP contribution in [0.4, 0.5) is 21.6 Å². The van der Waals surface area contributed by atoms with Gasteiger partial charge in [0, 0.05) is 5.69 Å². The minimum Gasteiger partial charge on any atom is -0.354 e. The number of halogens is 2. The quantitative estimate of drug-likeness (QED) is 0.657. The average Bonchev–Trinajstić information content (AvgIpc) is 2.60. The van der Waals surface area contributed by atoms with Gasteiger partial charge in [-0.2, -0.15) is 0 Å².